The van der Waals surface area contributed by atoms with Gasteiger partial charge in [-0.1, -0.05) is 23.7 Å². The summed E-state index contributed by atoms with van der Waals surface area (Å²) in [5, 5.41) is 0.783. The summed E-state index contributed by atoms with van der Waals surface area (Å²) in [7, 11) is 0. The summed E-state index contributed by atoms with van der Waals surface area (Å²) in [5.41, 5.74) is 6.89. The highest BCUT2D eigenvalue weighted by Crippen LogP contribution is 2.13. The molecule has 0 saturated carbocycles. The minimum atomic E-state index is 0. The Balaban J connectivity index is 0.00000144. The summed E-state index contributed by atoms with van der Waals surface area (Å²) in [5.74, 6) is 0. The summed E-state index contributed by atoms with van der Waals surface area (Å²) in [6, 6.07) is 7.99. The van der Waals surface area contributed by atoms with Gasteiger partial charge >= 0.3 is 0 Å². The maximum Gasteiger partial charge on any atom is 0.0824 e. The molecule has 3 nitrogen and oxygen atoms in total. The molecule has 1 unspecified atom stereocenters. The molecule has 0 spiro atoms. The molecule has 96 valence electrons. The predicted octanol–water partition coefficient (Wildman–Crippen LogP) is 1.92. The molecule has 1 aliphatic rings. The molecule has 2 rings (SSSR count). The summed E-state index contributed by atoms with van der Waals surface area (Å²) in [6.45, 7) is 4.20. The Labute approximate surface area is 113 Å². The number of hydrogen-bond donors (Lipinski definition) is 1. The monoisotopic (exact) mass is 276 g/mol. The minimum absolute atomic E-state index is 0. The zero-order chi connectivity index (χ0) is 11.4. The quantitative estimate of drug-likeness (QED) is 0.917. The van der Waals surface area contributed by atoms with Gasteiger partial charge in [-0.25, -0.2) is 0 Å². The Hall–Kier alpha value is -0.320. The Kier molecular flexibility index (Phi) is 6.23. The van der Waals surface area contributed by atoms with Crippen molar-refractivity contribution < 1.29 is 4.74 Å². The van der Waals surface area contributed by atoms with Crippen molar-refractivity contribution in [1.82, 2.24) is 4.90 Å². The van der Waals surface area contributed by atoms with Crippen molar-refractivity contribution >= 4 is 24.0 Å². The van der Waals surface area contributed by atoms with Crippen LogP contribution in [0.4, 0.5) is 0 Å². The second kappa shape index (κ2) is 7.19. The third-order valence-electron chi connectivity index (χ3n) is 2.81. The summed E-state index contributed by atoms with van der Waals surface area (Å²) >= 11 is 5.85. The van der Waals surface area contributed by atoms with E-state index in [1.165, 1.54) is 5.56 Å². The first-order valence-electron chi connectivity index (χ1n) is 5.56. The van der Waals surface area contributed by atoms with Gasteiger partial charge in [0.05, 0.1) is 12.7 Å². The van der Waals surface area contributed by atoms with E-state index >= 15 is 0 Å². The van der Waals surface area contributed by atoms with Gasteiger partial charge in [0, 0.05) is 31.2 Å². The van der Waals surface area contributed by atoms with E-state index in [9.17, 15) is 0 Å². The number of rotatable bonds is 3. The molecule has 1 heterocycles. The number of ether oxygens (including phenoxy) is 1. The van der Waals surface area contributed by atoms with Crippen LogP contribution in [0, 0.1) is 0 Å². The van der Waals surface area contributed by atoms with E-state index in [1.807, 2.05) is 12.1 Å². The lowest BCUT2D eigenvalue weighted by Gasteiger charge is -2.32. The number of benzene rings is 1. The fourth-order valence-electron chi connectivity index (χ4n) is 1.91. The third-order valence-corrected chi connectivity index (χ3v) is 3.06. The molecule has 0 bridgehead atoms. The van der Waals surface area contributed by atoms with Gasteiger partial charge in [0.1, 0.15) is 0 Å². The van der Waals surface area contributed by atoms with Crippen molar-refractivity contribution in [2.75, 3.05) is 26.2 Å². The number of hydrogen-bond acceptors (Lipinski definition) is 3. The lowest BCUT2D eigenvalue weighted by atomic mass is 10.2. The molecule has 5 heteroatoms. The van der Waals surface area contributed by atoms with Crippen LogP contribution in [-0.4, -0.2) is 37.2 Å². The third kappa shape index (κ3) is 4.45. The van der Waals surface area contributed by atoms with Gasteiger partial charge < -0.3 is 10.5 Å². The van der Waals surface area contributed by atoms with E-state index in [0.717, 1.165) is 31.3 Å². The van der Waals surface area contributed by atoms with Crippen LogP contribution in [0.3, 0.4) is 0 Å². The van der Waals surface area contributed by atoms with Gasteiger partial charge in [-0.15, -0.1) is 12.4 Å². The zero-order valence-corrected chi connectivity index (χ0v) is 11.2. The molecule has 1 aliphatic heterocycles. The average Bonchev–Trinajstić information content (AvgIpc) is 2.32. The number of halogens is 2. The molecule has 0 radical (unpaired) electrons. The van der Waals surface area contributed by atoms with Crippen molar-refractivity contribution in [2.45, 2.75) is 12.6 Å². The number of nitrogens with two attached hydrogens (primary N) is 1. The molecular weight excluding hydrogens is 259 g/mol. The largest absolute Gasteiger partial charge is 0.374 e. The first-order valence-corrected chi connectivity index (χ1v) is 5.94. The van der Waals surface area contributed by atoms with Gasteiger partial charge in [0.15, 0.2) is 0 Å². The zero-order valence-electron chi connectivity index (χ0n) is 9.64. The highest BCUT2D eigenvalue weighted by molar-refractivity contribution is 6.30. The van der Waals surface area contributed by atoms with Gasteiger partial charge in [-0.3, -0.25) is 4.90 Å². The maximum absolute atomic E-state index is 5.85. The Morgan fingerprint density at radius 3 is 2.71 bits per heavy atom. The molecule has 1 fully saturated rings. The number of morpholine rings is 1. The van der Waals surface area contributed by atoms with Crippen LogP contribution in [0.5, 0.6) is 0 Å². The first kappa shape index (κ1) is 14.7. The molecule has 1 aromatic carbocycles. The summed E-state index contributed by atoms with van der Waals surface area (Å²) in [4.78, 5) is 2.37. The molecular formula is C12H18Cl2N2O. The molecule has 1 atom stereocenters. The fourth-order valence-corrected chi connectivity index (χ4v) is 2.04. The first-order chi connectivity index (χ1) is 7.78. The van der Waals surface area contributed by atoms with E-state index in [4.69, 9.17) is 22.1 Å². The molecule has 2 N–H and O–H groups in total. The van der Waals surface area contributed by atoms with Crippen LogP contribution in [0.2, 0.25) is 5.02 Å². The highest BCUT2D eigenvalue weighted by atomic mass is 35.5. The second-order valence-corrected chi connectivity index (χ2v) is 4.53. The molecule has 0 amide bonds. The summed E-state index contributed by atoms with van der Waals surface area (Å²) in [6.07, 6.45) is 0.182. The molecule has 0 aromatic heterocycles. The van der Waals surface area contributed by atoms with E-state index in [0.29, 0.717) is 6.54 Å². The fraction of sp³-hybridized carbons (Fsp3) is 0.500. The maximum atomic E-state index is 5.85. The predicted molar refractivity (Wildman–Crippen MR) is 72.8 cm³/mol. The van der Waals surface area contributed by atoms with Crippen LogP contribution in [0.1, 0.15) is 5.56 Å². The molecule has 17 heavy (non-hydrogen) atoms. The van der Waals surface area contributed by atoms with Crippen molar-refractivity contribution in [3.05, 3.63) is 34.9 Å². The lowest BCUT2D eigenvalue weighted by molar-refractivity contribution is -0.0260. The van der Waals surface area contributed by atoms with Crippen molar-refractivity contribution in [2.24, 2.45) is 5.73 Å². The van der Waals surface area contributed by atoms with Crippen LogP contribution in [-0.2, 0) is 11.3 Å². The van der Waals surface area contributed by atoms with E-state index < -0.39 is 0 Å². The topological polar surface area (TPSA) is 38.5 Å². The minimum Gasteiger partial charge on any atom is -0.374 e. The number of nitrogens with zero attached hydrogens (tertiary/aromatic N) is 1. The molecule has 1 saturated heterocycles. The van der Waals surface area contributed by atoms with Gasteiger partial charge in [-0.05, 0) is 17.7 Å². The smallest absolute Gasteiger partial charge is 0.0824 e. The van der Waals surface area contributed by atoms with Crippen molar-refractivity contribution in [1.29, 1.82) is 0 Å². The summed E-state index contributed by atoms with van der Waals surface area (Å²) < 4.78 is 5.53. The van der Waals surface area contributed by atoms with Crippen LogP contribution >= 0.6 is 24.0 Å². The Morgan fingerprint density at radius 1 is 1.35 bits per heavy atom. The second-order valence-electron chi connectivity index (χ2n) is 4.09. The normalized spacial score (nSPS) is 20.9. The Morgan fingerprint density at radius 2 is 2.06 bits per heavy atom. The Bertz CT molecular complexity index is 332. The lowest BCUT2D eigenvalue weighted by Crippen LogP contribution is -2.45. The standard InChI is InChI=1S/C12H17ClN2O.ClH/c13-11-3-1-10(2-4-11)8-15-5-6-16-12(7-14)9-15;/h1-4,12H,5-9,14H2;1H. The SMILES string of the molecule is Cl.NCC1CN(Cc2ccc(Cl)cc2)CCO1. The van der Waals surface area contributed by atoms with Gasteiger partial charge in [0.2, 0.25) is 0 Å². The van der Waals surface area contributed by atoms with Gasteiger partial charge in [-0.2, -0.15) is 0 Å². The highest BCUT2D eigenvalue weighted by Gasteiger charge is 2.18. The van der Waals surface area contributed by atoms with Gasteiger partial charge in [0.25, 0.3) is 0 Å². The van der Waals surface area contributed by atoms with Crippen molar-refractivity contribution in [3.8, 4) is 0 Å². The van der Waals surface area contributed by atoms with Crippen LogP contribution < -0.4 is 5.73 Å². The molecule has 1 aromatic rings. The van der Waals surface area contributed by atoms with Crippen molar-refractivity contribution in [3.63, 3.8) is 0 Å². The van der Waals surface area contributed by atoms with Crippen LogP contribution in [0.15, 0.2) is 24.3 Å². The molecule has 0 aliphatic carbocycles. The van der Waals surface area contributed by atoms with Crippen LogP contribution in [0.25, 0.3) is 0 Å². The van der Waals surface area contributed by atoms with E-state index in [1.54, 1.807) is 0 Å². The average molecular weight is 277 g/mol. The van der Waals surface area contributed by atoms with E-state index in [-0.39, 0.29) is 18.5 Å². The van der Waals surface area contributed by atoms with E-state index in [2.05, 4.69) is 17.0 Å².